The van der Waals surface area contributed by atoms with Crippen LogP contribution in [0.5, 0.6) is 0 Å². The van der Waals surface area contributed by atoms with Gasteiger partial charge < -0.3 is 4.57 Å². The lowest BCUT2D eigenvalue weighted by molar-refractivity contribution is -0.112. The van der Waals surface area contributed by atoms with Crippen LogP contribution in [0.2, 0.25) is 5.02 Å². The van der Waals surface area contributed by atoms with E-state index in [9.17, 15) is 10.1 Å². The van der Waals surface area contributed by atoms with Crippen molar-refractivity contribution < 1.29 is 4.79 Å². The average Bonchev–Trinajstić information content (AvgIpc) is 3.39. The van der Waals surface area contributed by atoms with Crippen LogP contribution in [0.15, 0.2) is 60.3 Å². The van der Waals surface area contributed by atoms with Gasteiger partial charge in [0.15, 0.2) is 0 Å². The van der Waals surface area contributed by atoms with Gasteiger partial charge in [0.2, 0.25) is 5.13 Å². The zero-order chi connectivity index (χ0) is 22.7. The van der Waals surface area contributed by atoms with E-state index in [1.807, 2.05) is 74.6 Å². The molecule has 2 aromatic heterocycles. The van der Waals surface area contributed by atoms with Gasteiger partial charge in [-0.1, -0.05) is 73.2 Å². The van der Waals surface area contributed by atoms with E-state index in [0.717, 1.165) is 27.0 Å². The molecule has 2 heterocycles. The lowest BCUT2D eigenvalue weighted by atomic mass is 10.1. The lowest BCUT2D eigenvalue weighted by Crippen LogP contribution is -2.13. The Balaban J connectivity index is 1.66. The van der Waals surface area contributed by atoms with Gasteiger partial charge in [0, 0.05) is 40.1 Å². The van der Waals surface area contributed by atoms with Gasteiger partial charge in [0.25, 0.3) is 5.91 Å². The number of carbonyl (C=O) groups is 1. The molecule has 0 spiro atoms. The molecule has 8 heteroatoms. The first-order chi connectivity index (χ1) is 15.5. The first-order valence-electron chi connectivity index (χ1n) is 10.0. The van der Waals surface area contributed by atoms with Gasteiger partial charge in [-0.15, -0.1) is 10.2 Å². The van der Waals surface area contributed by atoms with Crippen LogP contribution in [0.4, 0.5) is 5.13 Å². The molecule has 0 aliphatic rings. The number of carbonyl (C=O) groups excluding carboxylic acids is 1. The van der Waals surface area contributed by atoms with Crippen molar-refractivity contribution in [2.24, 2.45) is 0 Å². The normalized spacial score (nSPS) is 11.7. The molecule has 0 fully saturated rings. The van der Waals surface area contributed by atoms with Gasteiger partial charge in [0.1, 0.15) is 16.6 Å². The number of anilines is 1. The van der Waals surface area contributed by atoms with Crippen molar-refractivity contribution in [1.82, 2.24) is 14.8 Å². The third-order valence-electron chi connectivity index (χ3n) is 4.94. The number of para-hydroxylation sites is 1. The molecular formula is C24H20ClN5OS. The van der Waals surface area contributed by atoms with Gasteiger partial charge >= 0.3 is 0 Å². The van der Waals surface area contributed by atoms with Crippen molar-refractivity contribution in [3.8, 4) is 6.07 Å². The van der Waals surface area contributed by atoms with E-state index >= 15 is 0 Å². The smallest absolute Gasteiger partial charge is 0.268 e. The van der Waals surface area contributed by atoms with E-state index in [2.05, 4.69) is 20.1 Å². The molecule has 6 nitrogen and oxygen atoms in total. The third kappa shape index (κ3) is 4.57. The van der Waals surface area contributed by atoms with Crippen LogP contribution in [-0.4, -0.2) is 20.7 Å². The topological polar surface area (TPSA) is 83.6 Å². The van der Waals surface area contributed by atoms with Crippen LogP contribution in [0, 0.1) is 11.3 Å². The third-order valence-corrected chi connectivity index (χ3v) is 6.45. The van der Waals surface area contributed by atoms with E-state index in [4.69, 9.17) is 11.6 Å². The highest BCUT2D eigenvalue weighted by molar-refractivity contribution is 7.15. The van der Waals surface area contributed by atoms with Crippen LogP contribution in [0.1, 0.15) is 35.9 Å². The number of aromatic nitrogens is 3. The summed E-state index contributed by atoms with van der Waals surface area (Å²) in [4.78, 5) is 12.7. The van der Waals surface area contributed by atoms with Crippen molar-refractivity contribution in [1.29, 1.82) is 5.26 Å². The first-order valence-corrected chi connectivity index (χ1v) is 11.2. The van der Waals surface area contributed by atoms with E-state index in [1.165, 1.54) is 11.3 Å². The summed E-state index contributed by atoms with van der Waals surface area (Å²) < 4.78 is 2.06. The molecule has 1 amide bonds. The average molecular weight is 462 g/mol. The van der Waals surface area contributed by atoms with Crippen LogP contribution in [-0.2, 0) is 11.3 Å². The monoisotopic (exact) mass is 461 g/mol. The number of nitriles is 1. The van der Waals surface area contributed by atoms with Gasteiger partial charge in [-0.25, -0.2) is 0 Å². The minimum atomic E-state index is -0.512. The number of hydrogen-bond donors (Lipinski definition) is 1. The molecule has 0 bridgehead atoms. The molecule has 160 valence electrons. The second kappa shape index (κ2) is 9.35. The number of nitrogens with one attached hydrogen (secondary N) is 1. The molecular weight excluding hydrogens is 442 g/mol. The molecule has 0 aliphatic carbocycles. The van der Waals surface area contributed by atoms with Crippen LogP contribution in [0.25, 0.3) is 17.0 Å². The van der Waals surface area contributed by atoms with Crippen LogP contribution >= 0.6 is 22.9 Å². The Morgan fingerprint density at radius 2 is 1.97 bits per heavy atom. The van der Waals surface area contributed by atoms with Crippen molar-refractivity contribution >= 4 is 51.0 Å². The second-order valence-electron chi connectivity index (χ2n) is 7.54. The molecule has 0 unspecified atom stereocenters. The summed E-state index contributed by atoms with van der Waals surface area (Å²) in [6.07, 6.45) is 3.53. The van der Waals surface area contributed by atoms with Crippen molar-refractivity contribution in [2.75, 3.05) is 5.32 Å². The fourth-order valence-electron chi connectivity index (χ4n) is 3.32. The first kappa shape index (κ1) is 21.8. The maximum absolute atomic E-state index is 12.7. The van der Waals surface area contributed by atoms with Gasteiger partial charge in [0.05, 0.1) is 0 Å². The van der Waals surface area contributed by atoms with Crippen molar-refractivity contribution in [2.45, 2.75) is 26.3 Å². The molecule has 4 aromatic rings. The fourth-order valence-corrected chi connectivity index (χ4v) is 4.25. The number of fused-ring (bicyclic) bond motifs is 1. The zero-order valence-electron chi connectivity index (χ0n) is 17.5. The summed E-state index contributed by atoms with van der Waals surface area (Å²) in [7, 11) is 0. The predicted molar refractivity (Wildman–Crippen MR) is 129 cm³/mol. The van der Waals surface area contributed by atoms with Gasteiger partial charge in [-0.2, -0.15) is 5.26 Å². The van der Waals surface area contributed by atoms with Crippen LogP contribution < -0.4 is 5.32 Å². The Hall–Kier alpha value is -3.47. The summed E-state index contributed by atoms with van der Waals surface area (Å²) in [6.45, 7) is 4.58. The second-order valence-corrected chi connectivity index (χ2v) is 8.96. The SMILES string of the molecule is CC(C)c1nnc(NC(=O)/C(C#N)=C\c2cn(Cc3ccccc3Cl)c3ccccc23)s1. The quantitative estimate of drug-likeness (QED) is 0.288. The highest BCUT2D eigenvalue weighted by atomic mass is 35.5. The highest BCUT2D eigenvalue weighted by Crippen LogP contribution is 2.27. The summed E-state index contributed by atoms with van der Waals surface area (Å²) in [5.41, 5.74) is 2.74. The number of benzene rings is 2. The Kier molecular flexibility index (Phi) is 6.35. The number of hydrogen-bond acceptors (Lipinski definition) is 5. The van der Waals surface area contributed by atoms with E-state index < -0.39 is 5.91 Å². The Morgan fingerprint density at radius 3 is 2.69 bits per heavy atom. The van der Waals surface area contributed by atoms with Crippen molar-refractivity contribution in [3.05, 3.63) is 81.5 Å². The Bertz CT molecular complexity index is 1360. The largest absolute Gasteiger partial charge is 0.342 e. The molecule has 32 heavy (non-hydrogen) atoms. The molecule has 1 N–H and O–H groups in total. The van der Waals surface area contributed by atoms with E-state index in [-0.39, 0.29) is 11.5 Å². The molecule has 2 aromatic carbocycles. The standard InChI is InChI=1S/C24H20ClN5OS/c1-15(2)23-28-29-24(32-23)27-22(31)17(12-26)11-18-14-30(21-10-6-4-8-19(18)21)13-16-7-3-5-9-20(16)25/h3-11,14-15H,13H2,1-2H3,(H,27,29,31)/b17-11-. The molecule has 0 radical (unpaired) electrons. The zero-order valence-corrected chi connectivity index (χ0v) is 19.1. The molecule has 0 saturated heterocycles. The number of amides is 1. The Labute approximate surface area is 194 Å². The number of rotatable bonds is 6. The summed E-state index contributed by atoms with van der Waals surface area (Å²) in [6, 6.07) is 17.6. The Morgan fingerprint density at radius 1 is 1.22 bits per heavy atom. The summed E-state index contributed by atoms with van der Waals surface area (Å²) in [5.74, 6) is -0.296. The highest BCUT2D eigenvalue weighted by Gasteiger charge is 2.16. The lowest BCUT2D eigenvalue weighted by Gasteiger charge is -2.07. The molecule has 4 rings (SSSR count). The van der Waals surface area contributed by atoms with E-state index in [1.54, 1.807) is 6.08 Å². The minimum Gasteiger partial charge on any atom is -0.342 e. The van der Waals surface area contributed by atoms with Gasteiger partial charge in [-0.05, 0) is 23.8 Å². The van der Waals surface area contributed by atoms with Gasteiger partial charge in [-0.3, -0.25) is 10.1 Å². The number of halogens is 1. The molecule has 0 atom stereocenters. The van der Waals surface area contributed by atoms with Crippen molar-refractivity contribution in [3.63, 3.8) is 0 Å². The summed E-state index contributed by atoms with van der Waals surface area (Å²) >= 11 is 7.65. The summed E-state index contributed by atoms with van der Waals surface area (Å²) in [5, 5.41) is 23.2. The maximum Gasteiger partial charge on any atom is 0.268 e. The number of nitrogens with zero attached hydrogens (tertiary/aromatic N) is 4. The van der Waals surface area contributed by atoms with Crippen LogP contribution in [0.3, 0.4) is 0 Å². The molecule has 0 saturated carbocycles. The maximum atomic E-state index is 12.7. The molecule has 0 aliphatic heterocycles. The predicted octanol–water partition coefficient (Wildman–Crippen LogP) is 5.86. The van der Waals surface area contributed by atoms with E-state index in [0.29, 0.717) is 16.7 Å². The fraction of sp³-hybridized carbons (Fsp3) is 0.167. The minimum absolute atomic E-state index is 0.00746.